The lowest BCUT2D eigenvalue weighted by molar-refractivity contribution is -0.128. The highest BCUT2D eigenvalue weighted by molar-refractivity contribution is 7.98. The number of benzene rings is 1. The quantitative estimate of drug-likeness (QED) is 0.752. The van der Waals surface area contributed by atoms with E-state index in [0.717, 1.165) is 15.5 Å². The number of rotatable bonds is 6. The van der Waals surface area contributed by atoms with Crippen LogP contribution in [0.2, 0.25) is 0 Å². The van der Waals surface area contributed by atoms with Gasteiger partial charge in [-0.15, -0.1) is 11.8 Å². The number of likely N-dealkylation sites (N-methyl/N-ethyl adjacent to an activating group) is 1. The van der Waals surface area contributed by atoms with Crippen LogP contribution in [0.3, 0.4) is 0 Å². The summed E-state index contributed by atoms with van der Waals surface area (Å²) in [5, 5.41) is 5.41. The molecule has 0 aromatic heterocycles. The van der Waals surface area contributed by atoms with E-state index in [2.05, 4.69) is 10.6 Å². The Bertz CT molecular complexity index is 608. The van der Waals surface area contributed by atoms with Crippen molar-refractivity contribution in [2.75, 3.05) is 44.8 Å². The summed E-state index contributed by atoms with van der Waals surface area (Å²) in [6, 6.07) is 7.16. The van der Waals surface area contributed by atoms with Crippen LogP contribution in [0.5, 0.6) is 0 Å². The van der Waals surface area contributed by atoms with Crippen molar-refractivity contribution in [3.8, 4) is 0 Å². The number of hydrogen-bond donors (Lipinski definition) is 2. The van der Waals surface area contributed by atoms with Gasteiger partial charge < -0.3 is 10.6 Å². The Morgan fingerprint density at radius 3 is 2.74 bits per heavy atom. The van der Waals surface area contributed by atoms with Gasteiger partial charge in [-0.3, -0.25) is 19.4 Å². The zero-order valence-electron chi connectivity index (χ0n) is 13.2. The standard InChI is InChI=1S/C15H20N4O3S/c1-18(10-14(21)19-8-7-16-15(19)22)9-13(20)17-11-5-3-4-6-12(11)23-2/h3-6H,7-10H2,1-2H3,(H,16,22)(H,17,20). The summed E-state index contributed by atoms with van der Waals surface area (Å²) < 4.78 is 0. The summed E-state index contributed by atoms with van der Waals surface area (Å²) in [4.78, 5) is 39.2. The number of para-hydroxylation sites is 1. The first-order valence-electron chi connectivity index (χ1n) is 7.21. The second-order valence-corrected chi connectivity index (χ2v) is 6.05. The Morgan fingerprint density at radius 1 is 1.35 bits per heavy atom. The molecular formula is C15H20N4O3S. The minimum atomic E-state index is -0.373. The fourth-order valence-electron chi connectivity index (χ4n) is 2.26. The van der Waals surface area contributed by atoms with Crippen LogP contribution in [0.4, 0.5) is 10.5 Å². The number of urea groups is 1. The van der Waals surface area contributed by atoms with Gasteiger partial charge in [0.1, 0.15) is 0 Å². The second-order valence-electron chi connectivity index (χ2n) is 5.20. The first-order valence-corrected chi connectivity index (χ1v) is 8.43. The molecule has 0 saturated carbocycles. The first-order chi connectivity index (χ1) is 11.0. The number of nitrogens with one attached hydrogen (secondary N) is 2. The van der Waals surface area contributed by atoms with Crippen LogP contribution < -0.4 is 10.6 Å². The van der Waals surface area contributed by atoms with Crippen LogP contribution in [-0.4, -0.2) is 67.1 Å². The number of hydrogen-bond acceptors (Lipinski definition) is 5. The molecule has 1 aliphatic heterocycles. The predicted molar refractivity (Wildman–Crippen MR) is 89.5 cm³/mol. The Morgan fingerprint density at radius 2 is 2.09 bits per heavy atom. The average Bonchev–Trinajstić information content (AvgIpc) is 2.93. The Kier molecular flexibility index (Phi) is 6.00. The summed E-state index contributed by atoms with van der Waals surface area (Å²) >= 11 is 1.55. The van der Waals surface area contributed by atoms with E-state index in [1.807, 2.05) is 30.5 Å². The topological polar surface area (TPSA) is 81.8 Å². The van der Waals surface area contributed by atoms with E-state index in [0.29, 0.717) is 13.1 Å². The number of nitrogens with zero attached hydrogens (tertiary/aromatic N) is 2. The van der Waals surface area contributed by atoms with Crippen molar-refractivity contribution in [2.45, 2.75) is 4.90 Å². The Labute approximate surface area is 139 Å². The predicted octanol–water partition coefficient (Wildman–Crippen LogP) is 0.831. The third-order valence-corrected chi connectivity index (χ3v) is 4.15. The van der Waals surface area contributed by atoms with Gasteiger partial charge >= 0.3 is 6.03 Å². The molecule has 0 bridgehead atoms. The maximum Gasteiger partial charge on any atom is 0.324 e. The number of carbonyl (C=O) groups is 3. The van der Waals surface area contributed by atoms with Gasteiger partial charge in [-0.1, -0.05) is 12.1 Å². The van der Waals surface area contributed by atoms with Gasteiger partial charge in [-0.2, -0.15) is 0 Å². The molecule has 1 heterocycles. The molecule has 8 heteroatoms. The highest BCUT2D eigenvalue weighted by Crippen LogP contribution is 2.24. The van der Waals surface area contributed by atoms with Gasteiger partial charge in [0.15, 0.2) is 0 Å². The normalized spacial score (nSPS) is 14.0. The zero-order chi connectivity index (χ0) is 16.8. The molecule has 23 heavy (non-hydrogen) atoms. The smallest absolute Gasteiger partial charge is 0.324 e. The SMILES string of the molecule is CSc1ccccc1NC(=O)CN(C)CC(=O)N1CCNC1=O. The van der Waals surface area contributed by atoms with E-state index >= 15 is 0 Å². The third kappa shape index (κ3) is 4.70. The van der Waals surface area contributed by atoms with Gasteiger partial charge in [0.05, 0.1) is 18.8 Å². The number of carbonyl (C=O) groups excluding carboxylic acids is 3. The van der Waals surface area contributed by atoms with Crippen LogP contribution >= 0.6 is 11.8 Å². The molecule has 1 aliphatic rings. The van der Waals surface area contributed by atoms with Crippen LogP contribution in [0.1, 0.15) is 0 Å². The van der Waals surface area contributed by atoms with Gasteiger partial charge in [-0.05, 0) is 25.4 Å². The van der Waals surface area contributed by atoms with Crippen molar-refractivity contribution in [3.05, 3.63) is 24.3 Å². The molecule has 1 saturated heterocycles. The molecule has 0 spiro atoms. The largest absolute Gasteiger partial charge is 0.336 e. The first kappa shape index (κ1) is 17.3. The van der Waals surface area contributed by atoms with Crippen molar-refractivity contribution in [1.29, 1.82) is 0 Å². The molecule has 1 aromatic rings. The Hall–Kier alpha value is -2.06. The van der Waals surface area contributed by atoms with Crippen molar-refractivity contribution >= 4 is 35.3 Å². The molecule has 1 aromatic carbocycles. The van der Waals surface area contributed by atoms with Crippen molar-refractivity contribution in [3.63, 3.8) is 0 Å². The molecule has 4 amide bonds. The van der Waals surface area contributed by atoms with Gasteiger partial charge in [0.2, 0.25) is 11.8 Å². The molecule has 0 aliphatic carbocycles. The summed E-state index contributed by atoms with van der Waals surface area (Å²) in [6.07, 6.45) is 1.94. The minimum Gasteiger partial charge on any atom is -0.336 e. The van der Waals surface area contributed by atoms with E-state index in [-0.39, 0.29) is 30.9 Å². The zero-order valence-corrected chi connectivity index (χ0v) is 14.0. The number of imide groups is 1. The van der Waals surface area contributed by atoms with E-state index in [1.54, 1.807) is 23.7 Å². The summed E-state index contributed by atoms with van der Waals surface area (Å²) in [7, 11) is 1.67. The van der Waals surface area contributed by atoms with Crippen molar-refractivity contribution < 1.29 is 14.4 Å². The van der Waals surface area contributed by atoms with E-state index in [4.69, 9.17) is 0 Å². The molecule has 0 unspecified atom stereocenters. The van der Waals surface area contributed by atoms with Crippen LogP contribution in [0.25, 0.3) is 0 Å². The molecule has 2 rings (SSSR count). The number of anilines is 1. The highest BCUT2D eigenvalue weighted by Gasteiger charge is 2.26. The number of thioether (sulfide) groups is 1. The molecule has 2 N–H and O–H groups in total. The Balaban J connectivity index is 1.85. The maximum atomic E-state index is 12.1. The fourth-order valence-corrected chi connectivity index (χ4v) is 2.82. The average molecular weight is 336 g/mol. The minimum absolute atomic E-state index is 0.0189. The summed E-state index contributed by atoms with van der Waals surface area (Å²) in [6.45, 7) is 0.938. The molecule has 1 fully saturated rings. The molecule has 0 radical (unpaired) electrons. The molecule has 7 nitrogen and oxygen atoms in total. The van der Waals surface area contributed by atoms with Gasteiger partial charge in [-0.25, -0.2) is 4.79 Å². The molecule has 124 valence electrons. The van der Waals surface area contributed by atoms with Crippen LogP contribution in [-0.2, 0) is 9.59 Å². The van der Waals surface area contributed by atoms with E-state index in [9.17, 15) is 14.4 Å². The maximum absolute atomic E-state index is 12.1. The lowest BCUT2D eigenvalue weighted by Crippen LogP contribution is -2.42. The summed E-state index contributed by atoms with van der Waals surface area (Å²) in [5.74, 6) is -0.507. The fraction of sp³-hybridized carbons (Fsp3) is 0.400. The molecular weight excluding hydrogens is 316 g/mol. The van der Waals surface area contributed by atoms with E-state index < -0.39 is 0 Å². The molecule has 0 atom stereocenters. The monoisotopic (exact) mass is 336 g/mol. The summed E-state index contributed by atoms with van der Waals surface area (Å²) in [5.41, 5.74) is 0.753. The van der Waals surface area contributed by atoms with Gasteiger partial charge in [0, 0.05) is 18.0 Å². The van der Waals surface area contributed by atoms with E-state index in [1.165, 1.54) is 0 Å². The third-order valence-electron chi connectivity index (χ3n) is 3.36. The van der Waals surface area contributed by atoms with Crippen LogP contribution in [0, 0.1) is 0 Å². The highest BCUT2D eigenvalue weighted by atomic mass is 32.2. The lowest BCUT2D eigenvalue weighted by atomic mass is 10.3. The lowest BCUT2D eigenvalue weighted by Gasteiger charge is -2.19. The number of amides is 4. The second kappa shape index (κ2) is 7.98. The van der Waals surface area contributed by atoms with Gasteiger partial charge in [0.25, 0.3) is 0 Å². The van der Waals surface area contributed by atoms with Crippen molar-refractivity contribution in [1.82, 2.24) is 15.1 Å². The van der Waals surface area contributed by atoms with Crippen molar-refractivity contribution in [2.24, 2.45) is 0 Å². The van der Waals surface area contributed by atoms with Crippen LogP contribution in [0.15, 0.2) is 29.2 Å².